The number of carbonyl (C=O) groups is 1. The number of benzene rings is 2. The van der Waals surface area contributed by atoms with Crippen molar-refractivity contribution in [3.05, 3.63) is 94.4 Å². The maximum absolute atomic E-state index is 14.7. The summed E-state index contributed by atoms with van der Waals surface area (Å²) in [5.41, 5.74) is 1.46. The molecule has 1 unspecified atom stereocenters. The Labute approximate surface area is 264 Å². The summed E-state index contributed by atoms with van der Waals surface area (Å²) >= 11 is 5.99. The van der Waals surface area contributed by atoms with Gasteiger partial charge in [-0.15, -0.1) is 0 Å². The van der Waals surface area contributed by atoms with E-state index in [9.17, 15) is 22.4 Å². The fraction of sp³-hybridized carbons (Fsp3) is 0.382. The van der Waals surface area contributed by atoms with E-state index >= 15 is 0 Å². The van der Waals surface area contributed by atoms with Crippen molar-refractivity contribution in [2.75, 3.05) is 26.2 Å². The Morgan fingerprint density at radius 3 is 2.40 bits per heavy atom. The summed E-state index contributed by atoms with van der Waals surface area (Å²) in [4.78, 5) is 28.1. The van der Waals surface area contributed by atoms with Gasteiger partial charge in [0.2, 0.25) is 0 Å². The van der Waals surface area contributed by atoms with Crippen molar-refractivity contribution >= 4 is 28.5 Å². The van der Waals surface area contributed by atoms with Gasteiger partial charge in [0.15, 0.2) is 6.04 Å². The van der Waals surface area contributed by atoms with E-state index in [0.717, 1.165) is 39.0 Å². The number of rotatable bonds is 7. The van der Waals surface area contributed by atoms with Crippen molar-refractivity contribution in [1.82, 2.24) is 25.1 Å². The predicted octanol–water partition coefficient (Wildman–Crippen LogP) is 7.57. The number of fused-ring (bicyclic) bond motifs is 1. The number of nitrogens with one attached hydrogen (secondary N) is 1. The summed E-state index contributed by atoms with van der Waals surface area (Å²) in [6, 6.07) is 13.0. The lowest BCUT2D eigenvalue weighted by Gasteiger charge is -2.40. The molecule has 2 saturated heterocycles. The molecule has 0 bridgehead atoms. The summed E-state index contributed by atoms with van der Waals surface area (Å²) in [5, 5.41) is 2.18. The largest absolute Gasteiger partial charge is 0.412 e. The smallest absolute Gasteiger partial charge is 0.337 e. The Hall–Kier alpha value is -3.60. The fourth-order valence-corrected chi connectivity index (χ4v) is 6.68. The van der Waals surface area contributed by atoms with Crippen LogP contribution in [0.15, 0.2) is 66.9 Å². The third-order valence-corrected chi connectivity index (χ3v) is 9.15. The molecule has 2 aliphatic rings. The van der Waals surface area contributed by atoms with Crippen LogP contribution in [0.25, 0.3) is 22.3 Å². The van der Waals surface area contributed by atoms with E-state index in [-0.39, 0.29) is 28.2 Å². The first-order valence-corrected chi connectivity index (χ1v) is 15.7. The molecule has 6 nitrogen and oxygen atoms in total. The standard InChI is InChI=1S/C34H34ClF4N5O/c35-26-12-11-23(20-27(26)36)30-25(21-43-18-13-24(14-19-43)44-16-5-2-6-17-44)29(31-28(41-30)10-7-15-40-31)33(45)42-32(34(37,38)39)22-8-3-1-4-9-22/h1,3-4,7-12,15,20,24,32H,2,5-6,13-14,16-19,21H2,(H,42,45). The number of carbonyl (C=O) groups excluding carboxylic acids is 1. The van der Waals surface area contributed by atoms with Crippen molar-refractivity contribution in [1.29, 1.82) is 0 Å². The summed E-state index contributed by atoms with van der Waals surface area (Å²) in [5.74, 6) is -1.59. The molecular formula is C34H34ClF4N5O. The van der Waals surface area contributed by atoms with E-state index in [1.807, 2.05) is 0 Å². The maximum Gasteiger partial charge on any atom is 0.412 e. The zero-order valence-electron chi connectivity index (χ0n) is 24.7. The Morgan fingerprint density at radius 2 is 1.71 bits per heavy atom. The highest BCUT2D eigenvalue weighted by molar-refractivity contribution is 6.30. The second-order valence-corrected chi connectivity index (χ2v) is 12.2. The van der Waals surface area contributed by atoms with Crippen LogP contribution >= 0.6 is 11.6 Å². The van der Waals surface area contributed by atoms with Crippen LogP contribution in [-0.4, -0.2) is 64.1 Å². The summed E-state index contributed by atoms with van der Waals surface area (Å²) < 4.78 is 57.9. The number of amides is 1. The molecule has 1 atom stereocenters. The summed E-state index contributed by atoms with van der Waals surface area (Å²) in [6.45, 7) is 3.92. The van der Waals surface area contributed by atoms with Crippen molar-refractivity contribution in [2.24, 2.45) is 0 Å². The van der Waals surface area contributed by atoms with Gasteiger partial charge in [-0.25, -0.2) is 9.37 Å². The quantitative estimate of drug-likeness (QED) is 0.211. The molecule has 0 aliphatic carbocycles. The molecule has 2 aromatic heterocycles. The molecule has 2 aliphatic heterocycles. The van der Waals surface area contributed by atoms with E-state index in [1.165, 1.54) is 61.9 Å². The lowest BCUT2D eigenvalue weighted by molar-refractivity contribution is -0.155. The highest BCUT2D eigenvalue weighted by Crippen LogP contribution is 2.36. The van der Waals surface area contributed by atoms with E-state index in [2.05, 4.69) is 20.1 Å². The van der Waals surface area contributed by atoms with Crippen molar-refractivity contribution < 1.29 is 22.4 Å². The molecule has 2 fully saturated rings. The van der Waals surface area contributed by atoms with Gasteiger partial charge in [0, 0.05) is 29.9 Å². The van der Waals surface area contributed by atoms with Crippen LogP contribution in [-0.2, 0) is 6.54 Å². The van der Waals surface area contributed by atoms with Crippen LogP contribution < -0.4 is 5.32 Å². The number of likely N-dealkylation sites (tertiary alicyclic amines) is 2. The highest BCUT2D eigenvalue weighted by atomic mass is 35.5. The normalized spacial score (nSPS) is 17.8. The van der Waals surface area contributed by atoms with Gasteiger partial charge in [-0.2, -0.15) is 13.2 Å². The fourth-order valence-electron chi connectivity index (χ4n) is 6.56. The van der Waals surface area contributed by atoms with E-state index in [0.29, 0.717) is 28.4 Å². The molecule has 45 heavy (non-hydrogen) atoms. The lowest BCUT2D eigenvalue weighted by atomic mass is 9.95. The number of alkyl halides is 3. The molecule has 236 valence electrons. The van der Waals surface area contributed by atoms with Gasteiger partial charge < -0.3 is 10.2 Å². The average molecular weight is 640 g/mol. The molecule has 0 radical (unpaired) electrons. The van der Waals surface area contributed by atoms with Crippen LogP contribution in [0.3, 0.4) is 0 Å². The first kappa shape index (κ1) is 31.4. The van der Waals surface area contributed by atoms with Crippen LogP contribution in [0.5, 0.6) is 0 Å². The van der Waals surface area contributed by atoms with E-state index in [1.54, 1.807) is 24.3 Å². The van der Waals surface area contributed by atoms with Crippen LogP contribution in [0.2, 0.25) is 5.02 Å². The highest BCUT2D eigenvalue weighted by Gasteiger charge is 2.42. The van der Waals surface area contributed by atoms with Gasteiger partial charge in [0.1, 0.15) is 11.3 Å². The number of hydrogen-bond acceptors (Lipinski definition) is 5. The third-order valence-electron chi connectivity index (χ3n) is 8.84. The molecule has 0 spiro atoms. The first-order chi connectivity index (χ1) is 21.7. The number of hydrogen-bond donors (Lipinski definition) is 1. The average Bonchev–Trinajstić information content (AvgIpc) is 3.05. The van der Waals surface area contributed by atoms with Gasteiger partial charge in [-0.05, 0) is 81.7 Å². The number of aromatic nitrogens is 2. The minimum Gasteiger partial charge on any atom is -0.337 e. The molecular weight excluding hydrogens is 606 g/mol. The molecule has 4 aromatic rings. The van der Waals surface area contributed by atoms with E-state index < -0.39 is 23.9 Å². The molecule has 6 rings (SSSR count). The second kappa shape index (κ2) is 13.4. The lowest BCUT2D eigenvalue weighted by Crippen LogP contribution is -2.46. The summed E-state index contributed by atoms with van der Waals surface area (Å²) in [6.07, 6.45) is 2.28. The summed E-state index contributed by atoms with van der Waals surface area (Å²) in [7, 11) is 0. The Kier molecular flexibility index (Phi) is 9.35. The number of piperidine rings is 2. The van der Waals surface area contributed by atoms with Crippen LogP contribution in [0.1, 0.15) is 59.6 Å². The topological polar surface area (TPSA) is 61.4 Å². The van der Waals surface area contributed by atoms with Gasteiger partial charge in [0.05, 0.1) is 21.8 Å². The SMILES string of the molecule is O=C(NC(c1ccccc1)C(F)(F)F)c1c(CN2CCC(N3CCCCC3)CC2)c(-c2ccc(Cl)c(F)c2)nc2cccnc12. The molecule has 0 saturated carbocycles. The first-order valence-electron chi connectivity index (χ1n) is 15.3. The maximum atomic E-state index is 14.7. The van der Waals surface area contributed by atoms with Crippen molar-refractivity contribution in [2.45, 2.75) is 56.9 Å². The Morgan fingerprint density at radius 1 is 0.978 bits per heavy atom. The number of nitrogens with zero attached hydrogens (tertiary/aromatic N) is 4. The number of halogens is 5. The molecule has 1 N–H and O–H groups in total. The van der Waals surface area contributed by atoms with Crippen LogP contribution in [0, 0.1) is 5.82 Å². The minimum atomic E-state index is -4.76. The minimum absolute atomic E-state index is 0.00528. The van der Waals surface area contributed by atoms with Gasteiger partial charge in [0.25, 0.3) is 5.91 Å². The Balaban J connectivity index is 1.42. The molecule has 1 amide bonds. The molecule has 4 heterocycles. The Bertz CT molecular complexity index is 1650. The number of pyridine rings is 2. The van der Waals surface area contributed by atoms with Gasteiger partial charge in [-0.1, -0.05) is 54.4 Å². The molecule has 2 aromatic carbocycles. The molecule has 11 heteroatoms. The van der Waals surface area contributed by atoms with Gasteiger partial charge in [-0.3, -0.25) is 14.7 Å². The van der Waals surface area contributed by atoms with Crippen molar-refractivity contribution in [3.63, 3.8) is 0 Å². The monoisotopic (exact) mass is 639 g/mol. The van der Waals surface area contributed by atoms with Gasteiger partial charge >= 0.3 is 6.18 Å². The third kappa shape index (κ3) is 6.98. The zero-order valence-corrected chi connectivity index (χ0v) is 25.4. The van der Waals surface area contributed by atoms with Crippen molar-refractivity contribution in [3.8, 4) is 11.3 Å². The van der Waals surface area contributed by atoms with Crippen LogP contribution in [0.4, 0.5) is 17.6 Å². The predicted molar refractivity (Wildman–Crippen MR) is 166 cm³/mol. The van der Waals surface area contributed by atoms with E-state index in [4.69, 9.17) is 16.6 Å². The zero-order chi connectivity index (χ0) is 31.6. The second-order valence-electron chi connectivity index (χ2n) is 11.8.